The van der Waals surface area contributed by atoms with Gasteiger partial charge in [-0.3, -0.25) is 20.4 Å². The van der Waals surface area contributed by atoms with Crippen LogP contribution < -0.4 is 20.3 Å². The Morgan fingerprint density at radius 1 is 1.03 bits per heavy atom. The van der Waals surface area contributed by atoms with Gasteiger partial charge in [0.05, 0.1) is 24.4 Å². The number of nitrogens with zero attached hydrogens (tertiary/aromatic N) is 1. The summed E-state index contributed by atoms with van der Waals surface area (Å²) >= 11 is 1.27. The van der Waals surface area contributed by atoms with Gasteiger partial charge in [0.1, 0.15) is 4.88 Å². The number of carbonyl (C=O) groups excluding carboxylic acids is 2. The normalized spacial score (nSPS) is 10.3. The Morgan fingerprint density at radius 2 is 1.76 bits per heavy atom. The first-order chi connectivity index (χ1) is 14.0. The molecule has 0 aliphatic heterocycles. The SMILES string of the molecule is CCOc1ccc(C(=O)NNC(=O)c2sc(C)nc2-c2ccccc2)cc1OC. The van der Waals surface area contributed by atoms with Gasteiger partial charge in [-0.2, -0.15) is 0 Å². The maximum Gasteiger partial charge on any atom is 0.282 e. The first-order valence-electron chi connectivity index (χ1n) is 8.97. The number of methoxy groups -OCH3 is 1. The van der Waals surface area contributed by atoms with Crippen LogP contribution in [0, 0.1) is 6.92 Å². The molecule has 0 saturated heterocycles. The zero-order valence-corrected chi connectivity index (χ0v) is 17.1. The van der Waals surface area contributed by atoms with Crippen LogP contribution >= 0.6 is 11.3 Å². The van der Waals surface area contributed by atoms with Gasteiger partial charge < -0.3 is 9.47 Å². The lowest BCUT2D eigenvalue weighted by Crippen LogP contribution is -2.41. The third-order valence-corrected chi connectivity index (χ3v) is 4.97. The first-order valence-corrected chi connectivity index (χ1v) is 9.79. The van der Waals surface area contributed by atoms with E-state index in [0.717, 1.165) is 10.6 Å². The summed E-state index contributed by atoms with van der Waals surface area (Å²) in [6.07, 6.45) is 0. The van der Waals surface area contributed by atoms with E-state index in [1.165, 1.54) is 18.4 Å². The number of rotatable bonds is 6. The van der Waals surface area contributed by atoms with Crippen LogP contribution in [0.25, 0.3) is 11.3 Å². The molecule has 2 N–H and O–H groups in total. The summed E-state index contributed by atoms with van der Waals surface area (Å²) < 4.78 is 10.7. The van der Waals surface area contributed by atoms with E-state index in [9.17, 15) is 9.59 Å². The number of ether oxygens (including phenoxy) is 2. The molecule has 0 aliphatic rings. The quantitative estimate of drug-likeness (QED) is 0.605. The van der Waals surface area contributed by atoms with Crippen molar-refractivity contribution in [2.75, 3.05) is 13.7 Å². The van der Waals surface area contributed by atoms with E-state index >= 15 is 0 Å². The second-order valence-electron chi connectivity index (χ2n) is 5.98. The molecule has 0 spiro atoms. The van der Waals surface area contributed by atoms with Crippen molar-refractivity contribution in [1.29, 1.82) is 0 Å². The van der Waals surface area contributed by atoms with Crippen molar-refractivity contribution in [3.8, 4) is 22.8 Å². The molecule has 1 aromatic heterocycles. The van der Waals surface area contributed by atoms with Gasteiger partial charge in [0.2, 0.25) is 0 Å². The third-order valence-electron chi connectivity index (χ3n) is 4.00. The van der Waals surface area contributed by atoms with Gasteiger partial charge >= 0.3 is 0 Å². The van der Waals surface area contributed by atoms with Gasteiger partial charge in [-0.1, -0.05) is 30.3 Å². The summed E-state index contributed by atoms with van der Waals surface area (Å²) in [4.78, 5) is 30.0. The maximum atomic E-state index is 12.7. The number of thiazole rings is 1. The minimum atomic E-state index is -0.470. The zero-order valence-electron chi connectivity index (χ0n) is 16.3. The van der Waals surface area contributed by atoms with Gasteiger partial charge in [0, 0.05) is 11.1 Å². The van der Waals surface area contributed by atoms with Crippen LogP contribution in [0.3, 0.4) is 0 Å². The molecule has 2 amide bonds. The molecule has 8 heteroatoms. The smallest absolute Gasteiger partial charge is 0.282 e. The number of aromatic nitrogens is 1. The standard InChI is InChI=1S/C21H21N3O4S/c1-4-28-16-11-10-15(12-17(16)27-3)20(25)23-24-21(26)19-18(22-13(2)29-19)14-8-6-5-7-9-14/h5-12H,4H2,1-3H3,(H,23,25)(H,24,26). The Hall–Kier alpha value is -3.39. The molecule has 0 bridgehead atoms. The molecule has 1 heterocycles. The summed E-state index contributed by atoms with van der Waals surface area (Å²) in [5.74, 6) is 0.0846. The molecule has 3 aromatic rings. The van der Waals surface area contributed by atoms with Gasteiger partial charge in [-0.15, -0.1) is 11.3 Å². The minimum Gasteiger partial charge on any atom is -0.493 e. The van der Waals surface area contributed by atoms with Crippen LogP contribution in [-0.4, -0.2) is 30.5 Å². The van der Waals surface area contributed by atoms with Crippen molar-refractivity contribution in [2.24, 2.45) is 0 Å². The maximum absolute atomic E-state index is 12.7. The van der Waals surface area contributed by atoms with Crippen molar-refractivity contribution in [2.45, 2.75) is 13.8 Å². The lowest BCUT2D eigenvalue weighted by Gasteiger charge is -2.11. The first kappa shape index (κ1) is 20.3. The number of amides is 2. The van der Waals surface area contributed by atoms with E-state index in [-0.39, 0.29) is 0 Å². The van der Waals surface area contributed by atoms with E-state index < -0.39 is 11.8 Å². The predicted molar refractivity (Wildman–Crippen MR) is 111 cm³/mol. The van der Waals surface area contributed by atoms with Gasteiger partial charge in [-0.25, -0.2) is 4.98 Å². The number of benzene rings is 2. The highest BCUT2D eigenvalue weighted by Crippen LogP contribution is 2.29. The van der Waals surface area contributed by atoms with Gasteiger partial charge in [0.15, 0.2) is 11.5 Å². The molecule has 2 aromatic carbocycles. The molecule has 0 saturated carbocycles. The summed E-state index contributed by atoms with van der Waals surface area (Å²) in [5, 5.41) is 0.761. The van der Waals surface area contributed by atoms with Crippen LogP contribution in [0.1, 0.15) is 32.0 Å². The average molecular weight is 411 g/mol. The van der Waals surface area contributed by atoms with Gasteiger partial charge in [-0.05, 0) is 32.0 Å². The minimum absolute atomic E-state index is 0.328. The van der Waals surface area contributed by atoms with Crippen LogP contribution in [0.5, 0.6) is 11.5 Å². The Morgan fingerprint density at radius 3 is 2.45 bits per heavy atom. The Labute approximate surface area is 172 Å². The van der Waals surface area contributed by atoms with Crippen molar-refractivity contribution < 1.29 is 19.1 Å². The zero-order chi connectivity index (χ0) is 20.8. The summed E-state index contributed by atoms with van der Waals surface area (Å²) in [5.41, 5.74) is 6.64. The fourth-order valence-corrected chi connectivity index (χ4v) is 3.53. The molecular weight excluding hydrogens is 390 g/mol. The second kappa shape index (κ2) is 9.20. The van der Waals surface area contributed by atoms with E-state index in [1.54, 1.807) is 18.2 Å². The number of hydrogen-bond donors (Lipinski definition) is 2. The highest BCUT2D eigenvalue weighted by atomic mass is 32.1. The molecule has 0 radical (unpaired) electrons. The number of aryl methyl sites for hydroxylation is 1. The fourth-order valence-electron chi connectivity index (χ4n) is 2.70. The van der Waals surface area contributed by atoms with Crippen molar-refractivity contribution >= 4 is 23.2 Å². The number of nitrogens with one attached hydrogen (secondary N) is 2. The lowest BCUT2D eigenvalue weighted by atomic mass is 10.1. The Kier molecular flexibility index (Phi) is 6.46. The van der Waals surface area contributed by atoms with Crippen molar-refractivity contribution in [3.05, 3.63) is 64.0 Å². The van der Waals surface area contributed by atoms with Crippen molar-refractivity contribution in [1.82, 2.24) is 15.8 Å². The number of hydrogen-bond acceptors (Lipinski definition) is 6. The largest absolute Gasteiger partial charge is 0.493 e. The molecule has 0 aliphatic carbocycles. The van der Waals surface area contributed by atoms with E-state index in [4.69, 9.17) is 9.47 Å². The average Bonchev–Trinajstić information content (AvgIpc) is 3.14. The molecule has 0 atom stereocenters. The molecule has 7 nitrogen and oxygen atoms in total. The Bertz CT molecular complexity index is 1020. The highest BCUT2D eigenvalue weighted by Gasteiger charge is 2.19. The number of carbonyl (C=O) groups is 2. The van der Waals surface area contributed by atoms with E-state index in [2.05, 4.69) is 15.8 Å². The third kappa shape index (κ3) is 4.72. The predicted octanol–water partition coefficient (Wildman–Crippen LogP) is 3.60. The summed E-state index contributed by atoms with van der Waals surface area (Å²) in [6, 6.07) is 14.2. The van der Waals surface area contributed by atoms with E-state index in [0.29, 0.717) is 34.2 Å². The molecule has 3 rings (SSSR count). The van der Waals surface area contributed by atoms with E-state index in [1.807, 2.05) is 44.2 Å². The summed E-state index contributed by atoms with van der Waals surface area (Å²) in [6.45, 7) is 4.18. The van der Waals surface area contributed by atoms with Crippen LogP contribution in [0.2, 0.25) is 0 Å². The van der Waals surface area contributed by atoms with Crippen molar-refractivity contribution in [3.63, 3.8) is 0 Å². The fraction of sp³-hybridized carbons (Fsp3) is 0.190. The summed E-state index contributed by atoms with van der Waals surface area (Å²) in [7, 11) is 1.50. The van der Waals surface area contributed by atoms with Gasteiger partial charge in [0.25, 0.3) is 11.8 Å². The topological polar surface area (TPSA) is 89.6 Å². The molecule has 0 unspecified atom stereocenters. The highest BCUT2D eigenvalue weighted by molar-refractivity contribution is 7.14. The molecule has 29 heavy (non-hydrogen) atoms. The lowest BCUT2D eigenvalue weighted by molar-refractivity contribution is 0.0849. The van der Waals surface area contributed by atoms with Crippen LogP contribution in [-0.2, 0) is 0 Å². The second-order valence-corrected chi connectivity index (χ2v) is 7.19. The molecule has 150 valence electrons. The number of hydrazine groups is 1. The molecule has 0 fully saturated rings. The van der Waals surface area contributed by atoms with Crippen LogP contribution in [0.15, 0.2) is 48.5 Å². The monoisotopic (exact) mass is 411 g/mol. The Balaban J connectivity index is 1.72. The molecular formula is C21H21N3O4S. The van der Waals surface area contributed by atoms with Crippen LogP contribution in [0.4, 0.5) is 0 Å².